The van der Waals surface area contributed by atoms with Crippen molar-refractivity contribution < 1.29 is 22.4 Å². The lowest BCUT2D eigenvalue weighted by Crippen LogP contribution is -2.11. The van der Waals surface area contributed by atoms with Crippen molar-refractivity contribution in [2.75, 3.05) is 0 Å². The number of alkyl halides is 3. The Hall–Kier alpha value is -1.14. The summed E-state index contributed by atoms with van der Waals surface area (Å²) in [7, 11) is 0. The molecule has 0 aliphatic heterocycles. The van der Waals surface area contributed by atoms with E-state index in [1.165, 1.54) is 0 Å². The second-order valence-corrected chi connectivity index (χ2v) is 2.61. The minimum absolute atomic E-state index is 0.319. The number of hydrogen-bond acceptors (Lipinski definition) is 2. The zero-order chi connectivity index (χ0) is 10.8. The van der Waals surface area contributed by atoms with E-state index in [4.69, 9.17) is 0 Å². The second-order valence-electron chi connectivity index (χ2n) is 2.61. The van der Waals surface area contributed by atoms with Crippen molar-refractivity contribution in [3.05, 3.63) is 35.1 Å². The topological polar surface area (TPSA) is 35.2 Å². The molecular formula is C8H7F4NO. The molecule has 0 aliphatic rings. The van der Waals surface area contributed by atoms with Crippen LogP contribution < -0.4 is 5.90 Å². The zero-order valence-corrected chi connectivity index (χ0v) is 6.94. The zero-order valence-electron chi connectivity index (χ0n) is 6.94. The molecule has 0 atom stereocenters. The fraction of sp³-hybridized carbons (Fsp3) is 0.250. The quantitative estimate of drug-likeness (QED) is 0.598. The molecule has 0 spiro atoms. The molecule has 1 aromatic rings. The van der Waals surface area contributed by atoms with Crippen LogP contribution in [0.25, 0.3) is 0 Å². The Morgan fingerprint density at radius 2 is 1.93 bits per heavy atom. The van der Waals surface area contributed by atoms with Crippen molar-refractivity contribution >= 4 is 0 Å². The van der Waals surface area contributed by atoms with Gasteiger partial charge in [0, 0.05) is 0 Å². The summed E-state index contributed by atoms with van der Waals surface area (Å²) in [6.45, 7) is -0.480. The lowest BCUT2D eigenvalue weighted by molar-refractivity contribution is -0.138. The minimum Gasteiger partial charge on any atom is -0.300 e. The predicted molar refractivity (Wildman–Crippen MR) is 40.4 cm³/mol. The highest BCUT2D eigenvalue weighted by atomic mass is 19.4. The summed E-state index contributed by atoms with van der Waals surface area (Å²) < 4.78 is 49.4. The Balaban J connectivity index is 3.15. The molecule has 1 rings (SSSR count). The molecule has 0 aromatic heterocycles. The lowest BCUT2D eigenvalue weighted by Gasteiger charge is -2.11. The molecule has 0 radical (unpaired) electrons. The maximum Gasteiger partial charge on any atom is 0.416 e. The number of nitrogens with two attached hydrogens (primary N) is 1. The van der Waals surface area contributed by atoms with E-state index in [-0.39, 0.29) is 5.56 Å². The standard InChI is InChI=1S/C8H7F4NO/c9-6-1-2-7(8(10,11)12)5(3-6)4-14-13/h1-3H,4,13H2. The normalized spacial score (nSPS) is 11.8. The van der Waals surface area contributed by atoms with E-state index >= 15 is 0 Å². The molecule has 0 saturated heterocycles. The number of halogens is 4. The van der Waals surface area contributed by atoms with Crippen molar-refractivity contribution in [1.29, 1.82) is 0 Å². The number of hydrogen-bond donors (Lipinski definition) is 1. The molecule has 78 valence electrons. The van der Waals surface area contributed by atoms with Crippen LogP contribution in [-0.4, -0.2) is 0 Å². The van der Waals surface area contributed by atoms with Crippen molar-refractivity contribution in [2.45, 2.75) is 12.8 Å². The van der Waals surface area contributed by atoms with E-state index in [2.05, 4.69) is 10.7 Å². The van der Waals surface area contributed by atoms with Crippen LogP contribution in [0.3, 0.4) is 0 Å². The van der Waals surface area contributed by atoms with E-state index in [1.807, 2.05) is 0 Å². The van der Waals surface area contributed by atoms with Crippen LogP contribution >= 0.6 is 0 Å². The Bertz CT molecular complexity index is 324. The maximum atomic E-state index is 12.6. The monoisotopic (exact) mass is 209 g/mol. The fourth-order valence-electron chi connectivity index (χ4n) is 1.05. The van der Waals surface area contributed by atoms with E-state index in [0.29, 0.717) is 6.07 Å². The molecule has 0 amide bonds. The molecule has 6 heteroatoms. The smallest absolute Gasteiger partial charge is 0.300 e. The van der Waals surface area contributed by atoms with Crippen LogP contribution in [-0.2, 0) is 17.6 Å². The number of rotatable bonds is 2. The molecule has 0 saturated carbocycles. The summed E-state index contributed by atoms with van der Waals surface area (Å²) in [5.41, 5.74) is -1.26. The third-order valence-electron chi connectivity index (χ3n) is 1.61. The number of benzene rings is 1. The Labute approximate surface area is 77.2 Å². The van der Waals surface area contributed by atoms with Gasteiger partial charge in [-0.25, -0.2) is 10.3 Å². The summed E-state index contributed by atoms with van der Waals surface area (Å²) in [4.78, 5) is 4.05. The van der Waals surface area contributed by atoms with Gasteiger partial charge in [0.05, 0.1) is 12.2 Å². The maximum absolute atomic E-state index is 12.6. The first-order valence-corrected chi connectivity index (χ1v) is 3.62. The summed E-state index contributed by atoms with van der Waals surface area (Å²) in [6.07, 6.45) is -4.53. The first kappa shape index (κ1) is 10.9. The van der Waals surface area contributed by atoms with Crippen molar-refractivity contribution in [3.63, 3.8) is 0 Å². The Morgan fingerprint density at radius 3 is 2.43 bits per heavy atom. The molecule has 0 bridgehead atoms. The largest absolute Gasteiger partial charge is 0.416 e. The van der Waals surface area contributed by atoms with Gasteiger partial charge in [-0.3, -0.25) is 4.84 Å². The van der Waals surface area contributed by atoms with Gasteiger partial charge in [0.25, 0.3) is 0 Å². The summed E-state index contributed by atoms with van der Waals surface area (Å²) >= 11 is 0. The Morgan fingerprint density at radius 1 is 1.29 bits per heavy atom. The molecule has 0 heterocycles. The van der Waals surface area contributed by atoms with E-state index in [9.17, 15) is 17.6 Å². The molecular weight excluding hydrogens is 202 g/mol. The SMILES string of the molecule is NOCc1cc(F)ccc1C(F)(F)F. The van der Waals surface area contributed by atoms with Crippen LogP contribution in [0.5, 0.6) is 0 Å². The van der Waals surface area contributed by atoms with E-state index < -0.39 is 24.2 Å². The molecule has 2 N–H and O–H groups in total. The van der Waals surface area contributed by atoms with Crippen LogP contribution in [0.15, 0.2) is 18.2 Å². The highest BCUT2D eigenvalue weighted by molar-refractivity contribution is 5.29. The van der Waals surface area contributed by atoms with Crippen molar-refractivity contribution in [2.24, 2.45) is 5.90 Å². The van der Waals surface area contributed by atoms with Crippen LogP contribution in [0.1, 0.15) is 11.1 Å². The van der Waals surface area contributed by atoms with Crippen LogP contribution in [0, 0.1) is 5.82 Å². The van der Waals surface area contributed by atoms with Gasteiger partial charge < -0.3 is 0 Å². The van der Waals surface area contributed by atoms with Gasteiger partial charge in [-0.15, -0.1) is 0 Å². The lowest BCUT2D eigenvalue weighted by atomic mass is 10.1. The van der Waals surface area contributed by atoms with Gasteiger partial charge in [0.2, 0.25) is 0 Å². The molecule has 14 heavy (non-hydrogen) atoms. The summed E-state index contributed by atoms with van der Waals surface area (Å²) in [6, 6.07) is 2.14. The van der Waals surface area contributed by atoms with Gasteiger partial charge in [0.1, 0.15) is 5.82 Å². The predicted octanol–water partition coefficient (Wildman–Crippen LogP) is 2.23. The third kappa shape index (κ3) is 2.43. The minimum atomic E-state index is -4.53. The molecule has 2 nitrogen and oxygen atoms in total. The van der Waals surface area contributed by atoms with Gasteiger partial charge in [-0.2, -0.15) is 13.2 Å². The highest BCUT2D eigenvalue weighted by Crippen LogP contribution is 2.32. The Kier molecular flexibility index (Phi) is 3.07. The summed E-state index contributed by atoms with van der Waals surface area (Å²) in [5, 5.41) is 0. The third-order valence-corrected chi connectivity index (χ3v) is 1.61. The first-order valence-electron chi connectivity index (χ1n) is 3.62. The van der Waals surface area contributed by atoms with Crippen LogP contribution in [0.2, 0.25) is 0 Å². The highest BCUT2D eigenvalue weighted by Gasteiger charge is 2.33. The average molecular weight is 209 g/mol. The van der Waals surface area contributed by atoms with Gasteiger partial charge in [0.15, 0.2) is 0 Å². The average Bonchev–Trinajstić information content (AvgIpc) is 2.02. The van der Waals surface area contributed by atoms with Gasteiger partial charge in [-0.1, -0.05) is 0 Å². The molecule has 0 fully saturated rings. The van der Waals surface area contributed by atoms with Crippen LogP contribution in [0.4, 0.5) is 17.6 Å². The van der Waals surface area contributed by atoms with E-state index in [1.54, 1.807) is 0 Å². The molecule has 0 unspecified atom stereocenters. The molecule has 0 aliphatic carbocycles. The van der Waals surface area contributed by atoms with Crippen molar-refractivity contribution in [1.82, 2.24) is 0 Å². The van der Waals surface area contributed by atoms with Crippen molar-refractivity contribution in [3.8, 4) is 0 Å². The van der Waals surface area contributed by atoms with Gasteiger partial charge in [-0.05, 0) is 23.8 Å². The molecule has 1 aromatic carbocycles. The van der Waals surface area contributed by atoms with E-state index in [0.717, 1.165) is 12.1 Å². The second kappa shape index (κ2) is 3.93. The first-order chi connectivity index (χ1) is 6.45. The fourth-order valence-corrected chi connectivity index (χ4v) is 1.05. The van der Waals surface area contributed by atoms with Gasteiger partial charge >= 0.3 is 6.18 Å². The summed E-state index contributed by atoms with van der Waals surface area (Å²) in [5.74, 6) is 3.87.